The van der Waals surface area contributed by atoms with E-state index < -0.39 is 4.92 Å². The molecule has 0 aliphatic heterocycles. The number of guanidine groups is 1. The largest absolute Gasteiger partial charge is 0.497 e. The summed E-state index contributed by atoms with van der Waals surface area (Å²) in [7, 11) is 1.58. The summed E-state index contributed by atoms with van der Waals surface area (Å²) in [5.74, 6) is 0.934. The van der Waals surface area contributed by atoms with Crippen LogP contribution in [0, 0.1) is 21.4 Å². The number of hydrogen-bond donors (Lipinski definition) is 2. The lowest BCUT2D eigenvalue weighted by molar-refractivity contribution is -0.384. The maximum Gasteiger partial charge on any atom is 0.270 e. The average molecular weight is 417 g/mol. The van der Waals surface area contributed by atoms with Gasteiger partial charge in [0.25, 0.3) is 5.69 Å². The van der Waals surface area contributed by atoms with Gasteiger partial charge in [0.1, 0.15) is 5.75 Å². The van der Waals surface area contributed by atoms with Crippen molar-refractivity contribution in [3.8, 4) is 34.3 Å². The van der Waals surface area contributed by atoms with Crippen LogP contribution in [-0.2, 0) is 0 Å². The quantitative estimate of drug-likeness (QED) is 0.195. The van der Waals surface area contributed by atoms with Crippen LogP contribution in [0.15, 0.2) is 59.6 Å². The number of nitrogens with zero attached hydrogens (tertiary/aromatic N) is 5. The lowest BCUT2D eigenvalue weighted by Crippen LogP contribution is -2.24. The van der Waals surface area contributed by atoms with E-state index in [2.05, 4.69) is 20.3 Å². The third-order valence-electron chi connectivity index (χ3n) is 4.21. The molecule has 0 saturated carbocycles. The van der Waals surface area contributed by atoms with E-state index in [1.165, 1.54) is 12.1 Å². The van der Waals surface area contributed by atoms with Crippen molar-refractivity contribution in [2.24, 2.45) is 10.7 Å². The minimum absolute atomic E-state index is 0.0470. The third-order valence-corrected chi connectivity index (χ3v) is 4.21. The lowest BCUT2D eigenvalue weighted by atomic mass is 10.1. The molecule has 0 amide bonds. The van der Waals surface area contributed by atoms with E-state index in [1.54, 1.807) is 37.4 Å². The molecule has 3 rings (SSSR count). The summed E-state index contributed by atoms with van der Waals surface area (Å²) in [5, 5.41) is 22.6. The van der Waals surface area contributed by atoms with E-state index in [-0.39, 0.29) is 30.6 Å². The maximum atomic E-state index is 11.2. The van der Waals surface area contributed by atoms with Crippen LogP contribution >= 0.6 is 0 Å². The fraction of sp³-hybridized carbons (Fsp3) is 0.143. The highest BCUT2D eigenvalue weighted by molar-refractivity contribution is 5.91. The normalized spacial score (nSPS) is 10.9. The van der Waals surface area contributed by atoms with Crippen LogP contribution in [0.2, 0.25) is 0 Å². The van der Waals surface area contributed by atoms with Gasteiger partial charge >= 0.3 is 0 Å². The monoisotopic (exact) mass is 417 g/mol. The van der Waals surface area contributed by atoms with Gasteiger partial charge in [-0.2, -0.15) is 5.26 Å². The molecule has 3 N–H and O–H groups in total. The van der Waals surface area contributed by atoms with Crippen molar-refractivity contribution >= 4 is 17.6 Å². The van der Waals surface area contributed by atoms with E-state index in [9.17, 15) is 10.1 Å². The first-order chi connectivity index (χ1) is 15.0. The third kappa shape index (κ3) is 5.51. The second-order valence-electron chi connectivity index (χ2n) is 6.30. The Hall–Kier alpha value is -4.52. The van der Waals surface area contributed by atoms with Crippen LogP contribution in [0.25, 0.3) is 22.5 Å². The van der Waals surface area contributed by atoms with Gasteiger partial charge in [0, 0.05) is 23.3 Å². The van der Waals surface area contributed by atoms with Crippen molar-refractivity contribution in [3.63, 3.8) is 0 Å². The van der Waals surface area contributed by atoms with E-state index in [4.69, 9.17) is 15.7 Å². The molecule has 31 heavy (non-hydrogen) atoms. The predicted octanol–water partition coefficient (Wildman–Crippen LogP) is 3.37. The fourth-order valence-electron chi connectivity index (χ4n) is 2.72. The van der Waals surface area contributed by atoms with Crippen LogP contribution in [0.3, 0.4) is 0 Å². The average Bonchev–Trinajstić information content (AvgIpc) is 2.79. The Bertz CT molecular complexity index is 1150. The van der Waals surface area contributed by atoms with Crippen LogP contribution in [0.4, 0.5) is 11.6 Å². The number of nitro groups is 1. The Balaban J connectivity index is 2.05. The summed E-state index contributed by atoms with van der Waals surface area (Å²) in [6, 6.07) is 17.2. The first-order valence-corrected chi connectivity index (χ1v) is 9.22. The Morgan fingerprint density at radius 3 is 2.55 bits per heavy atom. The standard InChI is InChI=1S/C21H19N7O3/c1-31-17-8-6-14(7-9-17)18-13-19(15-4-2-5-16(12-15)28(29)30)26-21(25-18)27-20(23)24-11-3-10-22/h2,4-9,12-13H,3,11H2,1H3,(H3,23,24,25,26,27). The van der Waals surface area contributed by atoms with Gasteiger partial charge in [-0.1, -0.05) is 12.1 Å². The number of ether oxygens (including phenoxy) is 1. The Labute approximate surface area is 178 Å². The van der Waals surface area contributed by atoms with E-state index in [1.807, 2.05) is 18.2 Å². The van der Waals surface area contributed by atoms with Crippen molar-refractivity contribution in [2.75, 3.05) is 19.0 Å². The molecular formula is C21H19N7O3. The summed E-state index contributed by atoms with van der Waals surface area (Å²) in [4.78, 5) is 23.7. The van der Waals surface area contributed by atoms with Gasteiger partial charge in [-0.25, -0.2) is 9.97 Å². The minimum Gasteiger partial charge on any atom is -0.497 e. The number of non-ortho nitro benzene ring substituents is 1. The molecule has 3 aromatic rings. The Morgan fingerprint density at radius 1 is 1.19 bits per heavy atom. The zero-order valence-corrected chi connectivity index (χ0v) is 16.6. The number of nitro benzene ring substituents is 1. The fourth-order valence-corrected chi connectivity index (χ4v) is 2.72. The number of nitrogens with two attached hydrogens (primary N) is 1. The SMILES string of the molecule is COc1ccc(-c2cc(-c3cccc([N+](=O)[O-])c3)nc(NC(N)=NCCC#N)n2)cc1. The molecule has 0 bridgehead atoms. The molecule has 1 aromatic heterocycles. The highest BCUT2D eigenvalue weighted by atomic mass is 16.6. The molecule has 0 unspecified atom stereocenters. The molecule has 0 fully saturated rings. The predicted molar refractivity (Wildman–Crippen MR) is 116 cm³/mol. The van der Waals surface area contributed by atoms with Crippen molar-refractivity contribution in [2.45, 2.75) is 6.42 Å². The van der Waals surface area contributed by atoms with Crippen LogP contribution < -0.4 is 15.8 Å². The second kappa shape index (κ2) is 9.80. The molecule has 0 spiro atoms. The van der Waals surface area contributed by atoms with Gasteiger partial charge in [0.2, 0.25) is 5.95 Å². The number of hydrogen-bond acceptors (Lipinski definition) is 7. The number of aliphatic imine (C=N–C) groups is 1. The molecule has 0 aliphatic rings. The Morgan fingerprint density at radius 2 is 1.90 bits per heavy atom. The number of nitrogens with one attached hydrogen (secondary N) is 1. The molecular weight excluding hydrogens is 398 g/mol. The van der Waals surface area contributed by atoms with Crippen molar-refractivity contribution in [3.05, 3.63) is 64.7 Å². The Kier molecular flexibility index (Phi) is 6.70. The molecule has 0 saturated heterocycles. The lowest BCUT2D eigenvalue weighted by Gasteiger charge is -2.10. The summed E-state index contributed by atoms with van der Waals surface area (Å²) in [5.41, 5.74) is 8.21. The van der Waals surface area contributed by atoms with Gasteiger partial charge in [0.05, 0.1) is 42.5 Å². The summed E-state index contributed by atoms with van der Waals surface area (Å²) in [6.45, 7) is 0.241. The highest BCUT2D eigenvalue weighted by Crippen LogP contribution is 2.28. The number of benzene rings is 2. The summed E-state index contributed by atoms with van der Waals surface area (Å²) < 4.78 is 5.19. The van der Waals surface area contributed by atoms with E-state index >= 15 is 0 Å². The molecule has 156 valence electrons. The van der Waals surface area contributed by atoms with Crippen molar-refractivity contribution in [1.29, 1.82) is 5.26 Å². The zero-order chi connectivity index (χ0) is 22.2. The van der Waals surface area contributed by atoms with E-state index in [0.29, 0.717) is 22.7 Å². The van der Waals surface area contributed by atoms with Gasteiger partial charge in [-0.05, 0) is 30.3 Å². The number of methoxy groups -OCH3 is 1. The maximum absolute atomic E-state index is 11.2. The van der Waals surface area contributed by atoms with Gasteiger partial charge in [0.15, 0.2) is 5.96 Å². The van der Waals surface area contributed by atoms with Crippen LogP contribution in [0.5, 0.6) is 5.75 Å². The molecule has 0 atom stereocenters. The number of nitriles is 1. The minimum atomic E-state index is -0.464. The number of anilines is 1. The molecule has 10 heteroatoms. The van der Waals surface area contributed by atoms with Gasteiger partial charge in [-0.15, -0.1) is 0 Å². The molecule has 2 aromatic carbocycles. The first-order valence-electron chi connectivity index (χ1n) is 9.22. The molecule has 0 radical (unpaired) electrons. The molecule has 1 heterocycles. The van der Waals surface area contributed by atoms with Crippen LogP contribution in [-0.4, -0.2) is 34.5 Å². The van der Waals surface area contributed by atoms with Gasteiger partial charge in [-0.3, -0.25) is 20.4 Å². The molecule has 0 aliphatic carbocycles. The number of aromatic nitrogens is 2. The summed E-state index contributed by atoms with van der Waals surface area (Å²) in [6.07, 6.45) is 0.230. The summed E-state index contributed by atoms with van der Waals surface area (Å²) >= 11 is 0. The van der Waals surface area contributed by atoms with E-state index in [0.717, 1.165) is 5.56 Å². The second-order valence-corrected chi connectivity index (χ2v) is 6.30. The topological polar surface area (TPSA) is 152 Å². The van der Waals surface area contributed by atoms with Crippen molar-refractivity contribution in [1.82, 2.24) is 9.97 Å². The zero-order valence-electron chi connectivity index (χ0n) is 16.6. The molecule has 10 nitrogen and oxygen atoms in total. The first kappa shape index (κ1) is 21.2. The van der Waals surface area contributed by atoms with Crippen LogP contribution in [0.1, 0.15) is 6.42 Å². The highest BCUT2D eigenvalue weighted by Gasteiger charge is 2.13. The number of rotatable bonds is 7. The van der Waals surface area contributed by atoms with Gasteiger partial charge < -0.3 is 10.5 Å². The van der Waals surface area contributed by atoms with Crippen molar-refractivity contribution < 1.29 is 9.66 Å². The smallest absolute Gasteiger partial charge is 0.270 e.